The van der Waals surface area contributed by atoms with E-state index in [4.69, 9.17) is 10.5 Å². The van der Waals surface area contributed by atoms with E-state index in [1.54, 1.807) is 18.2 Å². The van der Waals surface area contributed by atoms with Gasteiger partial charge in [0, 0.05) is 12.6 Å². The monoisotopic (exact) mass is 327 g/mol. The Balaban J connectivity index is 2.26. The Hall–Kier alpha value is -1.46. The maximum absolute atomic E-state index is 13.2. The lowest BCUT2D eigenvalue weighted by atomic mass is 10.1. The highest BCUT2D eigenvalue weighted by Gasteiger charge is 2.14. The summed E-state index contributed by atoms with van der Waals surface area (Å²) in [5.74, 6) is -0.439. The van der Waals surface area contributed by atoms with E-state index < -0.39 is 11.9 Å². The Bertz CT molecular complexity index is 577. The predicted molar refractivity (Wildman–Crippen MR) is 72.9 cm³/mol. The first kappa shape index (κ1) is 14.0. The van der Waals surface area contributed by atoms with E-state index >= 15 is 0 Å². The summed E-state index contributed by atoms with van der Waals surface area (Å²) in [6.45, 7) is 0.159. The minimum absolute atomic E-state index is 0.159. The highest BCUT2D eigenvalue weighted by atomic mass is 79.9. The molecule has 0 aromatic heterocycles. The van der Waals surface area contributed by atoms with Crippen LogP contribution in [-0.4, -0.2) is 6.54 Å². The first-order chi connectivity index (χ1) is 9.10. The van der Waals surface area contributed by atoms with E-state index in [1.165, 1.54) is 24.3 Å². The SMILES string of the molecule is NCC(Oc1cc(F)ccc1Br)c1cccc(F)c1. The van der Waals surface area contributed by atoms with Crippen molar-refractivity contribution in [2.75, 3.05) is 6.54 Å². The van der Waals surface area contributed by atoms with Crippen LogP contribution in [0.15, 0.2) is 46.9 Å². The minimum Gasteiger partial charge on any atom is -0.483 e. The molecule has 0 aliphatic rings. The normalized spacial score (nSPS) is 12.2. The predicted octanol–water partition coefficient (Wildman–Crippen LogP) is 3.81. The van der Waals surface area contributed by atoms with Crippen LogP contribution in [0.1, 0.15) is 11.7 Å². The Morgan fingerprint density at radius 3 is 2.53 bits per heavy atom. The average molecular weight is 328 g/mol. The molecule has 2 rings (SSSR count). The van der Waals surface area contributed by atoms with Crippen molar-refractivity contribution in [2.24, 2.45) is 5.73 Å². The van der Waals surface area contributed by atoms with Crippen LogP contribution in [0.3, 0.4) is 0 Å². The molecule has 0 radical (unpaired) electrons. The minimum atomic E-state index is -0.534. The van der Waals surface area contributed by atoms with E-state index in [9.17, 15) is 8.78 Å². The number of ether oxygens (including phenoxy) is 1. The molecular formula is C14H12BrF2NO. The molecule has 0 bridgehead atoms. The Morgan fingerprint density at radius 1 is 1.11 bits per heavy atom. The van der Waals surface area contributed by atoms with E-state index in [-0.39, 0.29) is 12.4 Å². The van der Waals surface area contributed by atoms with Gasteiger partial charge in [-0.1, -0.05) is 12.1 Å². The molecule has 0 fully saturated rings. The van der Waals surface area contributed by atoms with Gasteiger partial charge in [0.1, 0.15) is 23.5 Å². The molecule has 5 heteroatoms. The summed E-state index contributed by atoms with van der Waals surface area (Å²) in [6.07, 6.45) is -0.534. The standard InChI is InChI=1S/C14H12BrF2NO/c15-12-5-4-11(17)7-13(12)19-14(8-18)9-2-1-3-10(16)6-9/h1-7,14H,8,18H2. The van der Waals surface area contributed by atoms with Crippen molar-refractivity contribution in [3.63, 3.8) is 0 Å². The van der Waals surface area contributed by atoms with Crippen LogP contribution in [0.2, 0.25) is 0 Å². The molecule has 1 unspecified atom stereocenters. The van der Waals surface area contributed by atoms with Gasteiger partial charge in [-0.25, -0.2) is 8.78 Å². The van der Waals surface area contributed by atoms with Crippen molar-refractivity contribution in [3.05, 3.63) is 64.1 Å². The van der Waals surface area contributed by atoms with Gasteiger partial charge in [-0.15, -0.1) is 0 Å². The fourth-order valence-corrected chi connectivity index (χ4v) is 2.02. The summed E-state index contributed by atoms with van der Waals surface area (Å²) in [7, 11) is 0. The third-order valence-corrected chi connectivity index (χ3v) is 3.25. The quantitative estimate of drug-likeness (QED) is 0.926. The van der Waals surface area contributed by atoms with Gasteiger partial charge in [0.2, 0.25) is 0 Å². The Labute approximate surface area is 118 Å². The third kappa shape index (κ3) is 3.52. The number of hydrogen-bond acceptors (Lipinski definition) is 2. The zero-order valence-corrected chi connectivity index (χ0v) is 11.5. The van der Waals surface area contributed by atoms with E-state index in [2.05, 4.69) is 15.9 Å². The van der Waals surface area contributed by atoms with Gasteiger partial charge >= 0.3 is 0 Å². The second-order valence-electron chi connectivity index (χ2n) is 3.97. The van der Waals surface area contributed by atoms with Gasteiger partial charge < -0.3 is 10.5 Å². The molecule has 0 amide bonds. The van der Waals surface area contributed by atoms with Crippen molar-refractivity contribution in [1.29, 1.82) is 0 Å². The average Bonchev–Trinajstić information content (AvgIpc) is 2.39. The van der Waals surface area contributed by atoms with Crippen molar-refractivity contribution < 1.29 is 13.5 Å². The van der Waals surface area contributed by atoms with Crippen LogP contribution >= 0.6 is 15.9 Å². The zero-order valence-electron chi connectivity index (χ0n) is 9.95. The zero-order chi connectivity index (χ0) is 13.8. The van der Waals surface area contributed by atoms with E-state index in [0.717, 1.165) is 0 Å². The summed E-state index contributed by atoms with van der Waals surface area (Å²) in [5.41, 5.74) is 6.24. The van der Waals surface area contributed by atoms with Gasteiger partial charge in [0.25, 0.3) is 0 Å². The summed E-state index contributed by atoms with van der Waals surface area (Å²) in [4.78, 5) is 0. The molecule has 0 saturated carbocycles. The smallest absolute Gasteiger partial charge is 0.137 e. The summed E-state index contributed by atoms with van der Waals surface area (Å²) in [6, 6.07) is 10.1. The van der Waals surface area contributed by atoms with Crippen molar-refractivity contribution in [1.82, 2.24) is 0 Å². The maximum atomic E-state index is 13.2. The molecule has 0 spiro atoms. The van der Waals surface area contributed by atoms with Crippen molar-refractivity contribution in [2.45, 2.75) is 6.10 Å². The molecule has 2 aromatic rings. The fraction of sp³-hybridized carbons (Fsp3) is 0.143. The van der Waals surface area contributed by atoms with Crippen LogP contribution in [0.4, 0.5) is 8.78 Å². The number of rotatable bonds is 4. The lowest BCUT2D eigenvalue weighted by molar-refractivity contribution is 0.211. The lowest BCUT2D eigenvalue weighted by Crippen LogP contribution is -2.18. The maximum Gasteiger partial charge on any atom is 0.137 e. The largest absolute Gasteiger partial charge is 0.483 e. The lowest BCUT2D eigenvalue weighted by Gasteiger charge is -2.19. The summed E-state index contributed by atoms with van der Waals surface area (Å²) >= 11 is 3.27. The van der Waals surface area contributed by atoms with E-state index in [0.29, 0.717) is 15.8 Å². The molecule has 0 saturated heterocycles. The number of halogens is 3. The molecule has 2 N–H and O–H groups in total. The number of hydrogen-bond donors (Lipinski definition) is 1. The fourth-order valence-electron chi connectivity index (χ4n) is 1.68. The molecular weight excluding hydrogens is 316 g/mol. The molecule has 2 aromatic carbocycles. The Kier molecular flexibility index (Phi) is 4.50. The van der Waals surface area contributed by atoms with Crippen molar-refractivity contribution in [3.8, 4) is 5.75 Å². The molecule has 2 nitrogen and oxygen atoms in total. The molecule has 0 aliphatic carbocycles. The Morgan fingerprint density at radius 2 is 1.84 bits per heavy atom. The van der Waals surface area contributed by atoms with Crippen LogP contribution in [0.25, 0.3) is 0 Å². The molecule has 0 heterocycles. The van der Waals surface area contributed by atoms with Crippen molar-refractivity contribution >= 4 is 15.9 Å². The first-order valence-corrected chi connectivity index (χ1v) is 6.46. The van der Waals surface area contributed by atoms with Crippen LogP contribution in [0.5, 0.6) is 5.75 Å². The summed E-state index contributed by atoms with van der Waals surface area (Å²) < 4.78 is 32.6. The molecule has 100 valence electrons. The van der Waals surface area contributed by atoms with Gasteiger partial charge in [0.15, 0.2) is 0 Å². The number of benzene rings is 2. The second-order valence-corrected chi connectivity index (χ2v) is 4.83. The molecule has 0 aliphatic heterocycles. The second kappa shape index (κ2) is 6.12. The van der Waals surface area contributed by atoms with Crippen LogP contribution in [-0.2, 0) is 0 Å². The third-order valence-electron chi connectivity index (χ3n) is 2.60. The first-order valence-electron chi connectivity index (χ1n) is 5.67. The molecule has 1 atom stereocenters. The summed E-state index contributed by atoms with van der Waals surface area (Å²) in [5, 5.41) is 0. The highest BCUT2D eigenvalue weighted by molar-refractivity contribution is 9.10. The van der Waals surface area contributed by atoms with E-state index in [1.807, 2.05) is 0 Å². The van der Waals surface area contributed by atoms with Crippen LogP contribution < -0.4 is 10.5 Å². The highest BCUT2D eigenvalue weighted by Crippen LogP contribution is 2.30. The number of nitrogens with two attached hydrogens (primary N) is 1. The molecule has 19 heavy (non-hydrogen) atoms. The van der Waals surface area contributed by atoms with Gasteiger partial charge in [-0.3, -0.25) is 0 Å². The topological polar surface area (TPSA) is 35.2 Å². The van der Waals surface area contributed by atoms with Gasteiger partial charge in [0.05, 0.1) is 4.47 Å². The van der Waals surface area contributed by atoms with Crippen LogP contribution in [0, 0.1) is 11.6 Å². The van der Waals surface area contributed by atoms with Gasteiger partial charge in [-0.05, 0) is 45.8 Å². The van der Waals surface area contributed by atoms with Gasteiger partial charge in [-0.2, -0.15) is 0 Å².